The van der Waals surface area contributed by atoms with E-state index < -0.39 is 17.7 Å². The Hall–Kier alpha value is -4.72. The Morgan fingerprint density at radius 3 is 2.34 bits per heavy atom. The maximum Gasteiger partial charge on any atom is 0.295 e. The van der Waals surface area contributed by atoms with Crippen LogP contribution in [-0.2, 0) is 16.0 Å². The average molecular weight is 513 g/mol. The number of nitrogens with zero attached hydrogens (tertiary/aromatic N) is 1. The van der Waals surface area contributed by atoms with Crippen LogP contribution in [0.5, 0.6) is 17.2 Å². The summed E-state index contributed by atoms with van der Waals surface area (Å²) in [7, 11) is 4.60. The predicted octanol–water partition coefficient (Wildman–Crippen LogP) is 4.86. The molecule has 1 saturated heterocycles. The van der Waals surface area contributed by atoms with E-state index in [0.717, 1.165) is 16.5 Å². The Bertz CT molecular complexity index is 1540. The van der Waals surface area contributed by atoms with E-state index in [1.807, 2.05) is 30.5 Å². The molecule has 8 nitrogen and oxygen atoms in total. The largest absolute Gasteiger partial charge is 0.507 e. The second kappa shape index (κ2) is 10.3. The molecule has 38 heavy (non-hydrogen) atoms. The van der Waals surface area contributed by atoms with Gasteiger partial charge >= 0.3 is 0 Å². The van der Waals surface area contributed by atoms with Crippen molar-refractivity contribution >= 4 is 28.4 Å². The molecule has 1 fully saturated rings. The number of ether oxygens (including phenoxy) is 3. The summed E-state index contributed by atoms with van der Waals surface area (Å²) in [4.78, 5) is 31.6. The number of Topliss-reactive ketones (excluding diaryl/α,β-unsaturated/α-hetero) is 1. The van der Waals surface area contributed by atoms with Crippen LogP contribution in [0.2, 0.25) is 0 Å². The number of H-pyrrole nitrogens is 1. The van der Waals surface area contributed by atoms with E-state index >= 15 is 0 Å². The van der Waals surface area contributed by atoms with Crippen LogP contribution < -0.4 is 14.2 Å². The molecule has 2 N–H and O–H groups in total. The number of aliphatic hydroxyl groups excluding tert-OH is 1. The number of carbonyl (C=O) groups excluding carboxylic acids is 2. The van der Waals surface area contributed by atoms with Crippen molar-refractivity contribution in [3.8, 4) is 17.2 Å². The molecule has 0 aliphatic carbocycles. The lowest BCUT2D eigenvalue weighted by molar-refractivity contribution is -0.139. The third-order valence-corrected chi connectivity index (χ3v) is 6.93. The molecule has 1 aromatic heterocycles. The molecular formula is C30H28N2O6. The fraction of sp³-hybridized carbons (Fsp3) is 0.200. The van der Waals surface area contributed by atoms with Crippen molar-refractivity contribution in [1.82, 2.24) is 9.88 Å². The van der Waals surface area contributed by atoms with Crippen LogP contribution >= 0.6 is 0 Å². The second-order valence-corrected chi connectivity index (χ2v) is 8.94. The zero-order chi connectivity index (χ0) is 26.8. The summed E-state index contributed by atoms with van der Waals surface area (Å²) < 4.78 is 16.3. The number of benzene rings is 3. The van der Waals surface area contributed by atoms with Crippen molar-refractivity contribution in [2.75, 3.05) is 27.9 Å². The summed E-state index contributed by atoms with van der Waals surface area (Å²) in [6.07, 6.45) is 2.42. The van der Waals surface area contributed by atoms with E-state index in [9.17, 15) is 14.7 Å². The highest BCUT2D eigenvalue weighted by Gasteiger charge is 2.47. The van der Waals surface area contributed by atoms with Crippen LogP contribution in [0.25, 0.3) is 16.7 Å². The maximum atomic E-state index is 13.5. The van der Waals surface area contributed by atoms with Crippen molar-refractivity contribution in [1.29, 1.82) is 0 Å². The number of carbonyl (C=O) groups is 2. The Balaban J connectivity index is 1.62. The number of aromatic nitrogens is 1. The number of aliphatic hydroxyl groups is 1. The van der Waals surface area contributed by atoms with Crippen LogP contribution in [0.15, 0.2) is 78.5 Å². The molecule has 3 aromatic carbocycles. The van der Waals surface area contributed by atoms with Crippen LogP contribution in [0.1, 0.15) is 22.7 Å². The van der Waals surface area contributed by atoms with Gasteiger partial charge in [0.25, 0.3) is 11.7 Å². The summed E-state index contributed by atoms with van der Waals surface area (Å²) in [5, 5.41) is 12.4. The Kier molecular flexibility index (Phi) is 6.79. The smallest absolute Gasteiger partial charge is 0.295 e. The molecule has 1 aliphatic rings. The highest BCUT2D eigenvalue weighted by atomic mass is 16.5. The number of ketones is 1. The average Bonchev–Trinajstić information content (AvgIpc) is 3.49. The van der Waals surface area contributed by atoms with E-state index in [4.69, 9.17) is 14.2 Å². The van der Waals surface area contributed by atoms with E-state index in [1.165, 1.54) is 19.1 Å². The number of nitrogens with one attached hydrogen (secondary N) is 1. The summed E-state index contributed by atoms with van der Waals surface area (Å²) in [6.45, 7) is 0.247. The lowest BCUT2D eigenvalue weighted by atomic mass is 9.94. The molecule has 0 saturated carbocycles. The van der Waals surface area contributed by atoms with Crippen molar-refractivity contribution in [3.63, 3.8) is 0 Å². The van der Waals surface area contributed by atoms with Crippen molar-refractivity contribution in [2.45, 2.75) is 12.5 Å². The van der Waals surface area contributed by atoms with E-state index in [0.29, 0.717) is 34.8 Å². The van der Waals surface area contributed by atoms with Crippen molar-refractivity contribution in [3.05, 3.63) is 95.2 Å². The Labute approximate surface area is 220 Å². The molecule has 1 amide bonds. The van der Waals surface area contributed by atoms with Crippen molar-refractivity contribution < 1.29 is 28.9 Å². The van der Waals surface area contributed by atoms with Crippen LogP contribution in [0.3, 0.4) is 0 Å². The predicted molar refractivity (Wildman–Crippen MR) is 144 cm³/mol. The molecule has 194 valence electrons. The summed E-state index contributed by atoms with van der Waals surface area (Å²) >= 11 is 0. The van der Waals surface area contributed by atoms with Gasteiger partial charge in [-0.15, -0.1) is 0 Å². The van der Waals surface area contributed by atoms with Gasteiger partial charge < -0.3 is 29.2 Å². The minimum atomic E-state index is -0.882. The molecule has 4 aromatic rings. The van der Waals surface area contributed by atoms with E-state index in [-0.39, 0.29) is 17.9 Å². The number of para-hydroxylation sites is 1. The number of rotatable bonds is 8. The standard InChI is InChI=1S/C30H28N2O6/c1-36-20-10-8-18(9-11-20)28(33)26-27(23-16-21(37-2)12-13-25(23)38-3)32(30(35)29(26)34)15-14-19-17-31-24-7-5-4-6-22(19)24/h4-13,16-17,27,31,33H,14-15H2,1-3H3/t27-/m0/s1. The molecule has 0 bridgehead atoms. The van der Waals surface area contributed by atoms with Gasteiger partial charge in [-0.3, -0.25) is 9.59 Å². The van der Waals surface area contributed by atoms with E-state index in [1.54, 1.807) is 49.6 Å². The van der Waals surface area contributed by atoms with Gasteiger partial charge in [0.05, 0.1) is 32.9 Å². The number of aromatic amines is 1. The first kappa shape index (κ1) is 25.0. The SMILES string of the molecule is COc1ccc(C(O)=C2C(=O)C(=O)N(CCc3c[nH]c4ccccc34)[C@H]2c2cc(OC)ccc2OC)cc1. The van der Waals surface area contributed by atoms with Gasteiger partial charge in [0, 0.05) is 34.8 Å². The van der Waals surface area contributed by atoms with Crippen LogP contribution in [0.4, 0.5) is 0 Å². The molecule has 5 rings (SSSR count). The summed E-state index contributed by atoms with van der Waals surface area (Å²) in [5.41, 5.74) is 2.95. The molecule has 0 spiro atoms. The quantitative estimate of drug-likeness (QED) is 0.199. The lowest BCUT2D eigenvalue weighted by Crippen LogP contribution is -2.31. The summed E-state index contributed by atoms with van der Waals surface area (Å²) in [6, 6.07) is 18.9. The Morgan fingerprint density at radius 2 is 1.63 bits per heavy atom. The normalized spacial score (nSPS) is 16.7. The highest BCUT2D eigenvalue weighted by molar-refractivity contribution is 6.46. The van der Waals surface area contributed by atoms with Gasteiger partial charge in [0.2, 0.25) is 0 Å². The molecular weight excluding hydrogens is 484 g/mol. The molecule has 0 radical (unpaired) electrons. The first-order chi connectivity index (χ1) is 18.5. The molecule has 8 heteroatoms. The molecule has 2 heterocycles. The van der Waals surface area contributed by atoms with Gasteiger partial charge in [0.1, 0.15) is 23.0 Å². The highest BCUT2D eigenvalue weighted by Crippen LogP contribution is 2.44. The van der Waals surface area contributed by atoms with Gasteiger partial charge in [-0.05, 0) is 60.5 Å². The molecule has 1 atom stereocenters. The zero-order valence-corrected chi connectivity index (χ0v) is 21.4. The first-order valence-corrected chi connectivity index (χ1v) is 12.2. The van der Waals surface area contributed by atoms with Crippen LogP contribution in [0, 0.1) is 0 Å². The minimum absolute atomic E-state index is 0.00866. The molecule has 0 unspecified atom stereocenters. The maximum absolute atomic E-state index is 13.5. The topological polar surface area (TPSA) is 101 Å². The lowest BCUT2D eigenvalue weighted by Gasteiger charge is -2.27. The van der Waals surface area contributed by atoms with Gasteiger partial charge in [-0.1, -0.05) is 18.2 Å². The first-order valence-electron chi connectivity index (χ1n) is 12.2. The Morgan fingerprint density at radius 1 is 0.921 bits per heavy atom. The number of fused-ring (bicyclic) bond motifs is 1. The third kappa shape index (κ3) is 4.34. The second-order valence-electron chi connectivity index (χ2n) is 8.94. The fourth-order valence-corrected chi connectivity index (χ4v) is 4.97. The summed E-state index contributed by atoms with van der Waals surface area (Å²) in [5.74, 6) is -0.105. The minimum Gasteiger partial charge on any atom is -0.507 e. The third-order valence-electron chi connectivity index (χ3n) is 6.93. The van der Waals surface area contributed by atoms with Gasteiger partial charge in [0.15, 0.2) is 0 Å². The fourth-order valence-electron chi connectivity index (χ4n) is 4.97. The molecule has 1 aliphatic heterocycles. The monoisotopic (exact) mass is 512 g/mol. The van der Waals surface area contributed by atoms with E-state index in [2.05, 4.69) is 4.98 Å². The van der Waals surface area contributed by atoms with Gasteiger partial charge in [-0.2, -0.15) is 0 Å². The van der Waals surface area contributed by atoms with Crippen molar-refractivity contribution in [2.24, 2.45) is 0 Å². The van der Waals surface area contributed by atoms with Gasteiger partial charge in [-0.25, -0.2) is 0 Å². The number of hydrogen-bond acceptors (Lipinski definition) is 6. The van der Waals surface area contributed by atoms with Crippen LogP contribution in [-0.4, -0.2) is 54.6 Å². The number of hydrogen-bond donors (Lipinski definition) is 2. The zero-order valence-electron chi connectivity index (χ0n) is 21.4. The number of methoxy groups -OCH3 is 3. The number of amides is 1. The number of likely N-dealkylation sites (tertiary alicyclic amines) is 1.